The van der Waals surface area contributed by atoms with Crippen LogP contribution in [0.5, 0.6) is 0 Å². The third-order valence-electron chi connectivity index (χ3n) is 3.70. The van der Waals surface area contributed by atoms with Gasteiger partial charge < -0.3 is 0 Å². The van der Waals surface area contributed by atoms with Gasteiger partial charge in [-0.3, -0.25) is 0 Å². The summed E-state index contributed by atoms with van der Waals surface area (Å²) in [4.78, 5) is 12.7. The molecule has 1 rings (SSSR count). The van der Waals surface area contributed by atoms with Gasteiger partial charge in [-0.2, -0.15) is 0 Å². The zero-order chi connectivity index (χ0) is 13.1. The Morgan fingerprint density at radius 2 is 1.47 bits per heavy atom. The average molecular weight is 334 g/mol. The van der Waals surface area contributed by atoms with Gasteiger partial charge in [0.25, 0.3) is 0 Å². The predicted molar refractivity (Wildman–Crippen MR) is 78.0 cm³/mol. The van der Waals surface area contributed by atoms with Gasteiger partial charge >= 0.3 is 116 Å². The van der Waals surface area contributed by atoms with Gasteiger partial charge in [-0.25, -0.2) is 0 Å². The van der Waals surface area contributed by atoms with Crippen LogP contribution in [-0.4, -0.2) is 17.9 Å². The van der Waals surface area contributed by atoms with E-state index in [0.29, 0.717) is 15.6 Å². The van der Waals surface area contributed by atoms with Crippen LogP contribution in [0.25, 0.3) is 0 Å². The molecule has 0 saturated carbocycles. The molecule has 0 N–H and O–H groups in total. The number of hydrogen-bond acceptors (Lipinski definition) is 1. The van der Waals surface area contributed by atoms with E-state index in [-0.39, 0.29) is 4.62 Å². The normalized spacial score (nSPS) is 11.6. The summed E-state index contributed by atoms with van der Waals surface area (Å²) >= 11 is 9.76. The summed E-state index contributed by atoms with van der Waals surface area (Å²) in [6.07, 6.45) is 0. The van der Waals surface area contributed by atoms with Crippen molar-refractivity contribution in [2.24, 2.45) is 0 Å². The SMILES string of the molecule is C[CH2][Ge]([CH2]C)([CH2]C)[C](=O)c1c(Cl)cccc1Cl. The van der Waals surface area contributed by atoms with Gasteiger partial charge in [-0.05, 0) is 0 Å². The van der Waals surface area contributed by atoms with Crippen LogP contribution in [0.3, 0.4) is 0 Å². The van der Waals surface area contributed by atoms with E-state index >= 15 is 0 Å². The molecule has 0 bridgehead atoms. The molecule has 0 heterocycles. The van der Waals surface area contributed by atoms with Crippen molar-refractivity contribution in [3.63, 3.8) is 0 Å². The molecule has 0 fully saturated rings. The van der Waals surface area contributed by atoms with Crippen molar-refractivity contribution in [3.8, 4) is 0 Å². The zero-order valence-corrected chi connectivity index (χ0v) is 14.1. The Hall–Kier alpha value is 0.0129. The number of hydrogen-bond donors (Lipinski definition) is 0. The Kier molecular flexibility index (Phi) is 5.55. The van der Waals surface area contributed by atoms with Crippen LogP contribution in [0, 0.1) is 0 Å². The van der Waals surface area contributed by atoms with E-state index < -0.39 is 13.3 Å². The Morgan fingerprint density at radius 3 is 1.82 bits per heavy atom. The number of rotatable bonds is 5. The minimum absolute atomic E-state index is 0.258. The van der Waals surface area contributed by atoms with Crippen molar-refractivity contribution in [1.29, 1.82) is 0 Å². The van der Waals surface area contributed by atoms with Crippen LogP contribution >= 0.6 is 23.2 Å². The summed E-state index contributed by atoms with van der Waals surface area (Å²) in [5.41, 5.74) is 0.557. The second-order valence-electron chi connectivity index (χ2n) is 4.27. The molecule has 0 saturated heterocycles. The van der Waals surface area contributed by atoms with E-state index in [9.17, 15) is 4.79 Å². The van der Waals surface area contributed by atoms with Crippen LogP contribution in [0.4, 0.5) is 0 Å². The molecule has 0 aliphatic rings. The molecule has 0 spiro atoms. The second-order valence-corrected chi connectivity index (χ2v) is 15.9. The molecule has 1 aromatic rings. The van der Waals surface area contributed by atoms with Crippen molar-refractivity contribution in [2.75, 3.05) is 0 Å². The molecule has 0 aliphatic carbocycles. The first-order valence-electron chi connectivity index (χ1n) is 6.01. The maximum atomic E-state index is 12.7. The number of benzene rings is 1. The zero-order valence-electron chi connectivity index (χ0n) is 10.5. The summed E-state index contributed by atoms with van der Waals surface area (Å²) < 4.78 is 0.258. The van der Waals surface area contributed by atoms with Gasteiger partial charge in [0.05, 0.1) is 0 Å². The molecule has 0 atom stereocenters. The molecule has 1 nitrogen and oxygen atoms in total. The fourth-order valence-electron chi connectivity index (χ4n) is 2.21. The van der Waals surface area contributed by atoms with Crippen molar-refractivity contribution in [2.45, 2.75) is 36.5 Å². The third-order valence-corrected chi connectivity index (χ3v) is 15.4. The van der Waals surface area contributed by atoms with E-state index in [1.54, 1.807) is 18.2 Å². The summed E-state index contributed by atoms with van der Waals surface area (Å²) in [6, 6.07) is 5.27. The van der Waals surface area contributed by atoms with E-state index in [0.717, 1.165) is 15.8 Å². The molecule has 0 unspecified atom stereocenters. The second kappa shape index (κ2) is 6.26. The molecule has 0 amide bonds. The summed E-state index contributed by atoms with van der Waals surface area (Å²) in [5.74, 6) is 0. The molecule has 1 aromatic carbocycles. The first-order chi connectivity index (χ1) is 8.02. The molecule has 0 radical (unpaired) electrons. The number of halogens is 2. The number of carbonyl (C=O) groups excluding carboxylic acids is 1. The topological polar surface area (TPSA) is 17.1 Å². The molecule has 0 aliphatic heterocycles. The fraction of sp³-hybridized carbons (Fsp3) is 0.462. The Balaban J connectivity index is 3.28. The minimum atomic E-state index is -2.49. The number of carbonyl (C=O) groups is 1. The molecule has 4 heteroatoms. The first-order valence-corrected chi connectivity index (χ1v) is 12.3. The fourth-order valence-corrected chi connectivity index (χ4v) is 9.96. The summed E-state index contributed by atoms with van der Waals surface area (Å²) in [7, 11) is 0. The first kappa shape index (κ1) is 15.1. The molecular formula is C13H18Cl2GeO. The quantitative estimate of drug-likeness (QED) is 0.675. The van der Waals surface area contributed by atoms with E-state index in [1.165, 1.54) is 0 Å². The third kappa shape index (κ3) is 2.89. The molecule has 17 heavy (non-hydrogen) atoms. The summed E-state index contributed by atoms with van der Waals surface area (Å²) in [5, 5.41) is 3.97. The van der Waals surface area contributed by atoms with Gasteiger partial charge in [-0.15, -0.1) is 0 Å². The van der Waals surface area contributed by atoms with E-state index in [4.69, 9.17) is 23.2 Å². The Morgan fingerprint density at radius 1 is 1.06 bits per heavy atom. The van der Waals surface area contributed by atoms with E-state index in [1.807, 2.05) is 0 Å². The molecular weight excluding hydrogens is 316 g/mol. The van der Waals surface area contributed by atoms with Crippen molar-refractivity contribution >= 4 is 41.1 Å². The predicted octanol–water partition coefficient (Wildman–Crippen LogP) is 5.22. The van der Waals surface area contributed by atoms with Crippen LogP contribution in [-0.2, 0) is 0 Å². The van der Waals surface area contributed by atoms with Crippen molar-refractivity contribution < 1.29 is 4.79 Å². The summed E-state index contributed by atoms with van der Waals surface area (Å²) in [6.45, 7) is 6.36. The Labute approximate surface area is 116 Å². The van der Waals surface area contributed by atoms with Gasteiger partial charge in [0.15, 0.2) is 0 Å². The van der Waals surface area contributed by atoms with Gasteiger partial charge in [0.1, 0.15) is 0 Å². The van der Waals surface area contributed by atoms with E-state index in [2.05, 4.69) is 20.8 Å². The van der Waals surface area contributed by atoms with Crippen molar-refractivity contribution in [1.82, 2.24) is 0 Å². The maximum absolute atomic E-state index is 12.7. The molecule has 0 aromatic heterocycles. The Bertz CT molecular complexity index is 385. The van der Waals surface area contributed by atoms with Crippen LogP contribution in [0.2, 0.25) is 25.8 Å². The monoisotopic (exact) mass is 334 g/mol. The average Bonchev–Trinajstić information content (AvgIpc) is 2.32. The van der Waals surface area contributed by atoms with Crippen LogP contribution in [0.1, 0.15) is 31.1 Å². The van der Waals surface area contributed by atoms with Crippen LogP contribution in [0.15, 0.2) is 18.2 Å². The van der Waals surface area contributed by atoms with Gasteiger partial charge in [0, 0.05) is 0 Å². The van der Waals surface area contributed by atoms with Gasteiger partial charge in [-0.1, -0.05) is 0 Å². The van der Waals surface area contributed by atoms with Crippen molar-refractivity contribution in [3.05, 3.63) is 33.8 Å². The standard InChI is InChI=1S/C13H18Cl2GeO/c1-4-16(5-2,6-3)13(17)12-10(14)8-7-9-11(12)15/h7-9H,4-6H2,1-3H3. The van der Waals surface area contributed by atoms with Crippen LogP contribution < -0.4 is 0 Å². The van der Waals surface area contributed by atoms with Gasteiger partial charge in [0.2, 0.25) is 0 Å². The molecule has 94 valence electrons.